The van der Waals surface area contributed by atoms with Gasteiger partial charge in [0.1, 0.15) is 11.6 Å². The van der Waals surface area contributed by atoms with Gasteiger partial charge in [0.15, 0.2) is 11.6 Å². The van der Waals surface area contributed by atoms with Gasteiger partial charge in [0.25, 0.3) is 0 Å². The minimum Gasteiger partial charge on any atom is -0.497 e. The number of hydrogen-bond donors (Lipinski definition) is 2. The van der Waals surface area contributed by atoms with E-state index in [4.69, 9.17) is 4.74 Å². The summed E-state index contributed by atoms with van der Waals surface area (Å²) in [5.74, 6) is 0.359. The topological polar surface area (TPSA) is 82.9 Å². The molecule has 2 heterocycles. The minimum atomic E-state index is -1.34. The molecule has 1 aliphatic rings. The molecule has 37 heavy (non-hydrogen) atoms. The fourth-order valence-electron chi connectivity index (χ4n) is 4.81. The molecule has 194 valence electrons. The summed E-state index contributed by atoms with van der Waals surface area (Å²) in [7, 11) is 1.57. The highest BCUT2D eigenvalue weighted by atomic mass is 19.2. The molecule has 4 rings (SSSR count). The van der Waals surface area contributed by atoms with E-state index in [1.807, 2.05) is 12.1 Å². The Morgan fingerprint density at radius 2 is 2.00 bits per heavy atom. The molecule has 3 atom stereocenters. The number of aliphatic hydroxyl groups excluding tert-OH is 1. The molecule has 1 fully saturated rings. The molecule has 0 aliphatic carbocycles. The number of aliphatic hydroxyl groups is 1. The second kappa shape index (κ2) is 11.6. The number of aliphatic carboxylic acids is 1. The van der Waals surface area contributed by atoms with E-state index in [9.17, 15) is 28.2 Å². The second-order valence-electron chi connectivity index (χ2n) is 9.12. The third-order valence-electron chi connectivity index (χ3n) is 6.87. The maximum absolute atomic E-state index is 13.8. The van der Waals surface area contributed by atoms with Crippen molar-refractivity contribution in [2.45, 2.75) is 25.4 Å². The van der Waals surface area contributed by atoms with Gasteiger partial charge in [-0.15, -0.1) is 0 Å². The van der Waals surface area contributed by atoms with Gasteiger partial charge >= 0.3 is 5.97 Å². The standard InChI is InChI=1S/C28H27F3N2O4/c1-37-18-5-8-25-21(15-18)19(10-12-32-25)26(34)9-4-17-11-14-33(16-22(17)28(35)36)13-2-3-20-23(29)6-7-24(30)27(20)31/h5-8,10,12,15,17,22,26,34H,4,9,11,13-14,16H2,1H3,(H,35,36)/t17-,22+,26?/m1/s1. The lowest BCUT2D eigenvalue weighted by Crippen LogP contribution is -2.44. The fourth-order valence-corrected chi connectivity index (χ4v) is 4.81. The molecule has 0 spiro atoms. The maximum Gasteiger partial charge on any atom is 0.308 e. The summed E-state index contributed by atoms with van der Waals surface area (Å²) in [4.78, 5) is 18.1. The van der Waals surface area contributed by atoms with Crippen molar-refractivity contribution in [3.8, 4) is 17.6 Å². The van der Waals surface area contributed by atoms with E-state index in [1.54, 1.807) is 30.3 Å². The van der Waals surface area contributed by atoms with E-state index < -0.39 is 41.0 Å². The van der Waals surface area contributed by atoms with Gasteiger partial charge in [-0.3, -0.25) is 14.7 Å². The first kappa shape index (κ1) is 26.5. The number of methoxy groups -OCH3 is 1. The average Bonchev–Trinajstić information content (AvgIpc) is 2.90. The number of carboxylic acids is 1. The Kier molecular flexibility index (Phi) is 8.31. The average molecular weight is 513 g/mol. The number of aromatic nitrogens is 1. The molecule has 2 N–H and O–H groups in total. The monoisotopic (exact) mass is 512 g/mol. The van der Waals surface area contributed by atoms with Gasteiger partial charge in [-0.2, -0.15) is 0 Å². The smallest absolute Gasteiger partial charge is 0.308 e. The van der Waals surface area contributed by atoms with Crippen LogP contribution in [0.3, 0.4) is 0 Å². The van der Waals surface area contributed by atoms with E-state index in [0.29, 0.717) is 43.2 Å². The highest BCUT2D eigenvalue weighted by molar-refractivity contribution is 5.83. The van der Waals surface area contributed by atoms with Crippen molar-refractivity contribution in [3.63, 3.8) is 0 Å². The van der Waals surface area contributed by atoms with Crippen LogP contribution in [-0.2, 0) is 4.79 Å². The van der Waals surface area contributed by atoms with Crippen LogP contribution in [0.15, 0.2) is 42.6 Å². The van der Waals surface area contributed by atoms with E-state index in [1.165, 1.54) is 0 Å². The first-order chi connectivity index (χ1) is 17.8. The van der Waals surface area contributed by atoms with Crippen LogP contribution in [0.1, 0.15) is 36.5 Å². The van der Waals surface area contributed by atoms with Crippen LogP contribution in [0.5, 0.6) is 5.75 Å². The van der Waals surface area contributed by atoms with Crippen LogP contribution in [0, 0.1) is 41.1 Å². The van der Waals surface area contributed by atoms with Gasteiger partial charge < -0.3 is 14.9 Å². The lowest BCUT2D eigenvalue weighted by molar-refractivity contribution is -0.146. The summed E-state index contributed by atoms with van der Waals surface area (Å²) < 4.78 is 46.2. The predicted molar refractivity (Wildman–Crippen MR) is 131 cm³/mol. The van der Waals surface area contributed by atoms with Crippen molar-refractivity contribution in [3.05, 3.63) is 71.2 Å². The molecule has 0 saturated carbocycles. The van der Waals surface area contributed by atoms with Crippen molar-refractivity contribution < 1.29 is 32.9 Å². The van der Waals surface area contributed by atoms with E-state index in [2.05, 4.69) is 16.8 Å². The predicted octanol–water partition coefficient (Wildman–Crippen LogP) is 4.55. The zero-order chi connectivity index (χ0) is 26.5. The van der Waals surface area contributed by atoms with Crippen molar-refractivity contribution in [2.75, 3.05) is 26.7 Å². The number of fused-ring (bicyclic) bond motifs is 1. The Morgan fingerprint density at radius 3 is 2.76 bits per heavy atom. The van der Waals surface area contributed by atoms with Crippen LogP contribution < -0.4 is 4.74 Å². The normalized spacial score (nSPS) is 18.7. The Balaban J connectivity index is 1.39. The summed E-state index contributed by atoms with van der Waals surface area (Å²) in [6.45, 7) is 0.857. The number of carbonyl (C=O) groups is 1. The molecule has 3 aromatic rings. The molecule has 0 amide bonds. The summed E-state index contributed by atoms with van der Waals surface area (Å²) in [5, 5.41) is 21.6. The number of ether oxygens (including phenoxy) is 1. The van der Waals surface area contributed by atoms with Gasteiger partial charge in [-0.1, -0.05) is 11.8 Å². The van der Waals surface area contributed by atoms with Gasteiger partial charge in [0.05, 0.1) is 36.8 Å². The zero-order valence-corrected chi connectivity index (χ0v) is 20.3. The number of likely N-dealkylation sites (tertiary alicyclic amines) is 1. The van der Waals surface area contributed by atoms with Crippen molar-refractivity contribution >= 4 is 16.9 Å². The molecule has 1 aliphatic heterocycles. The van der Waals surface area contributed by atoms with E-state index in [-0.39, 0.29) is 19.0 Å². The first-order valence-corrected chi connectivity index (χ1v) is 12.0. The third kappa shape index (κ3) is 6.04. The summed E-state index contributed by atoms with van der Waals surface area (Å²) in [5.41, 5.74) is 0.799. The van der Waals surface area contributed by atoms with Crippen LogP contribution in [-0.4, -0.2) is 52.8 Å². The molecular weight excluding hydrogens is 485 g/mol. The number of piperidine rings is 1. The van der Waals surface area contributed by atoms with Crippen LogP contribution in [0.2, 0.25) is 0 Å². The van der Waals surface area contributed by atoms with Crippen LogP contribution in [0.25, 0.3) is 10.9 Å². The Bertz CT molecular complexity index is 1350. The molecule has 9 heteroatoms. The maximum atomic E-state index is 13.8. The minimum absolute atomic E-state index is 0.0966. The summed E-state index contributed by atoms with van der Waals surface area (Å²) in [6, 6.07) is 8.71. The summed E-state index contributed by atoms with van der Waals surface area (Å²) >= 11 is 0. The molecule has 6 nitrogen and oxygen atoms in total. The highest BCUT2D eigenvalue weighted by Gasteiger charge is 2.34. The molecule has 1 aromatic heterocycles. The molecule has 2 aromatic carbocycles. The number of pyridine rings is 1. The fraction of sp³-hybridized carbons (Fsp3) is 0.357. The lowest BCUT2D eigenvalue weighted by Gasteiger charge is -2.36. The molecular formula is C28H27F3N2O4. The van der Waals surface area contributed by atoms with Crippen LogP contribution >= 0.6 is 0 Å². The SMILES string of the molecule is COc1ccc2nccc(C(O)CC[C@@H]3CCN(CC#Cc4c(F)ccc(F)c4F)C[C@@H]3C(=O)O)c2c1. The number of rotatable bonds is 7. The molecule has 0 bridgehead atoms. The number of nitrogens with zero attached hydrogens (tertiary/aromatic N) is 2. The van der Waals surface area contributed by atoms with Crippen molar-refractivity contribution in [1.29, 1.82) is 0 Å². The Labute approximate surface area is 212 Å². The van der Waals surface area contributed by atoms with E-state index in [0.717, 1.165) is 17.0 Å². The van der Waals surface area contributed by atoms with Gasteiger partial charge in [0, 0.05) is 18.1 Å². The Morgan fingerprint density at radius 1 is 1.22 bits per heavy atom. The van der Waals surface area contributed by atoms with Gasteiger partial charge in [-0.25, -0.2) is 13.2 Å². The van der Waals surface area contributed by atoms with E-state index >= 15 is 0 Å². The number of benzene rings is 2. The zero-order valence-electron chi connectivity index (χ0n) is 20.3. The number of carboxylic acid groups (broad SMARTS) is 1. The first-order valence-electron chi connectivity index (χ1n) is 12.0. The lowest BCUT2D eigenvalue weighted by atomic mass is 9.81. The van der Waals surface area contributed by atoms with Gasteiger partial charge in [-0.05, 0) is 73.7 Å². The Hall–Kier alpha value is -3.61. The van der Waals surface area contributed by atoms with Crippen molar-refractivity contribution in [1.82, 2.24) is 9.88 Å². The summed E-state index contributed by atoms with van der Waals surface area (Å²) in [6.07, 6.45) is 2.29. The molecule has 1 unspecified atom stereocenters. The molecule has 0 radical (unpaired) electrons. The van der Waals surface area contributed by atoms with Gasteiger partial charge in [0.2, 0.25) is 0 Å². The van der Waals surface area contributed by atoms with Crippen LogP contribution in [0.4, 0.5) is 13.2 Å². The largest absolute Gasteiger partial charge is 0.497 e. The highest BCUT2D eigenvalue weighted by Crippen LogP contribution is 2.33. The molecule has 1 saturated heterocycles. The quantitative estimate of drug-likeness (QED) is 0.357. The number of halogens is 3. The van der Waals surface area contributed by atoms with Crippen molar-refractivity contribution in [2.24, 2.45) is 11.8 Å². The number of hydrogen-bond acceptors (Lipinski definition) is 5. The second-order valence-corrected chi connectivity index (χ2v) is 9.12. The third-order valence-corrected chi connectivity index (χ3v) is 6.87.